The third-order valence-electron chi connectivity index (χ3n) is 3.50. The smallest absolute Gasteiger partial charge is 0.323 e. The Morgan fingerprint density at radius 3 is 2.73 bits per heavy atom. The normalized spacial score (nSPS) is 11.0. The van der Waals surface area contributed by atoms with Crippen LogP contribution in [0.25, 0.3) is 11.0 Å². The summed E-state index contributed by atoms with van der Waals surface area (Å²) in [7, 11) is 0. The molecule has 0 aliphatic heterocycles. The maximum Gasteiger partial charge on any atom is 0.323 e. The molecule has 5 heteroatoms. The van der Waals surface area contributed by atoms with E-state index in [4.69, 9.17) is 4.74 Å². The molecule has 3 N–H and O–H groups in total. The third-order valence-corrected chi connectivity index (χ3v) is 3.50. The van der Waals surface area contributed by atoms with Crippen LogP contribution in [0.5, 0.6) is 5.75 Å². The van der Waals surface area contributed by atoms with Gasteiger partial charge in [0.15, 0.2) is 0 Å². The highest BCUT2D eigenvalue weighted by atomic mass is 16.5. The van der Waals surface area contributed by atoms with Crippen molar-refractivity contribution in [1.82, 2.24) is 15.3 Å². The van der Waals surface area contributed by atoms with Gasteiger partial charge in [0.05, 0.1) is 5.52 Å². The number of aryl methyl sites for hydroxylation is 1. The molecule has 0 aliphatic rings. The highest BCUT2D eigenvalue weighted by Crippen LogP contribution is 2.20. The highest BCUT2D eigenvalue weighted by molar-refractivity contribution is 5.80. The number of fused-ring (bicyclic) bond motifs is 1. The largest absolute Gasteiger partial charge is 0.490 e. The minimum absolute atomic E-state index is 0.219. The number of imidazole rings is 1. The number of para-hydroxylation sites is 1. The maximum atomic E-state index is 11.3. The van der Waals surface area contributed by atoms with Gasteiger partial charge < -0.3 is 20.0 Å². The van der Waals surface area contributed by atoms with Crippen molar-refractivity contribution in [3.8, 4) is 5.75 Å². The second-order valence-corrected chi connectivity index (χ2v) is 5.27. The Morgan fingerprint density at radius 1 is 1.09 bits per heavy atom. The number of hydrogen-bond acceptors (Lipinski definition) is 3. The molecule has 22 heavy (non-hydrogen) atoms. The quantitative estimate of drug-likeness (QED) is 0.612. The van der Waals surface area contributed by atoms with E-state index in [1.54, 1.807) is 0 Å². The summed E-state index contributed by atoms with van der Waals surface area (Å²) in [5.41, 5.74) is 3.77. The van der Waals surface area contributed by atoms with Crippen molar-refractivity contribution in [1.29, 1.82) is 0 Å². The average Bonchev–Trinajstić information content (AvgIpc) is 2.90. The summed E-state index contributed by atoms with van der Waals surface area (Å²) in [4.78, 5) is 16.8. The van der Waals surface area contributed by atoms with Crippen molar-refractivity contribution in [3.05, 3.63) is 64.1 Å². The van der Waals surface area contributed by atoms with E-state index in [0.29, 0.717) is 17.9 Å². The summed E-state index contributed by atoms with van der Waals surface area (Å²) < 4.78 is 5.74. The van der Waals surface area contributed by atoms with Gasteiger partial charge in [-0.3, -0.25) is 0 Å². The van der Waals surface area contributed by atoms with Crippen molar-refractivity contribution >= 4 is 11.0 Å². The van der Waals surface area contributed by atoms with Gasteiger partial charge in [0.25, 0.3) is 0 Å². The first-order valence-electron chi connectivity index (χ1n) is 7.32. The van der Waals surface area contributed by atoms with E-state index < -0.39 is 0 Å². The van der Waals surface area contributed by atoms with Crippen molar-refractivity contribution < 1.29 is 4.74 Å². The number of aromatic amines is 2. The first-order valence-corrected chi connectivity index (χ1v) is 7.32. The number of aromatic nitrogens is 2. The Hall–Kier alpha value is -2.53. The average molecular weight is 297 g/mol. The highest BCUT2D eigenvalue weighted by Gasteiger charge is 2.04. The molecule has 2 aromatic carbocycles. The fourth-order valence-corrected chi connectivity index (χ4v) is 2.32. The fraction of sp³-hybridized carbons (Fsp3) is 0.235. The molecule has 1 heterocycles. The summed E-state index contributed by atoms with van der Waals surface area (Å²) in [6.07, 6.45) is 0. The van der Waals surface area contributed by atoms with Gasteiger partial charge in [-0.1, -0.05) is 35.9 Å². The molecule has 0 radical (unpaired) electrons. The second-order valence-electron chi connectivity index (χ2n) is 5.27. The van der Waals surface area contributed by atoms with Gasteiger partial charge in [0, 0.05) is 13.1 Å². The number of rotatable bonds is 6. The van der Waals surface area contributed by atoms with Crippen LogP contribution in [0.2, 0.25) is 0 Å². The maximum absolute atomic E-state index is 11.3. The van der Waals surface area contributed by atoms with Gasteiger partial charge >= 0.3 is 5.69 Å². The fourth-order valence-electron chi connectivity index (χ4n) is 2.32. The topological polar surface area (TPSA) is 69.9 Å². The molecule has 0 atom stereocenters. The molecule has 0 aliphatic carbocycles. The van der Waals surface area contributed by atoms with E-state index in [0.717, 1.165) is 18.6 Å². The lowest BCUT2D eigenvalue weighted by Crippen LogP contribution is -2.20. The van der Waals surface area contributed by atoms with E-state index in [9.17, 15) is 4.79 Å². The van der Waals surface area contributed by atoms with E-state index >= 15 is 0 Å². The molecule has 0 saturated heterocycles. The zero-order valence-electron chi connectivity index (χ0n) is 12.5. The molecule has 0 bridgehead atoms. The van der Waals surface area contributed by atoms with Crippen molar-refractivity contribution in [3.63, 3.8) is 0 Å². The SMILES string of the molecule is Cc1ccc(CNCCOc2cccc3[nH]c(=O)[nH]c23)cc1. The van der Waals surface area contributed by atoms with Crippen LogP contribution in [0.15, 0.2) is 47.3 Å². The summed E-state index contributed by atoms with van der Waals surface area (Å²) >= 11 is 0. The Labute approximate surface area is 128 Å². The summed E-state index contributed by atoms with van der Waals surface area (Å²) in [5.74, 6) is 0.688. The van der Waals surface area contributed by atoms with Gasteiger partial charge in [-0.05, 0) is 24.6 Å². The van der Waals surface area contributed by atoms with Gasteiger partial charge in [0.2, 0.25) is 0 Å². The lowest BCUT2D eigenvalue weighted by molar-refractivity contribution is 0.316. The molecule has 1 aromatic heterocycles. The van der Waals surface area contributed by atoms with Crippen LogP contribution in [-0.4, -0.2) is 23.1 Å². The molecule has 0 spiro atoms. The summed E-state index contributed by atoms with van der Waals surface area (Å²) in [5, 5.41) is 3.34. The Morgan fingerprint density at radius 2 is 1.91 bits per heavy atom. The minimum Gasteiger partial charge on any atom is -0.490 e. The van der Waals surface area contributed by atoms with Crippen LogP contribution >= 0.6 is 0 Å². The van der Waals surface area contributed by atoms with Gasteiger partial charge in [-0.25, -0.2) is 4.79 Å². The molecule has 5 nitrogen and oxygen atoms in total. The predicted molar refractivity (Wildman–Crippen MR) is 87.3 cm³/mol. The number of nitrogens with one attached hydrogen (secondary N) is 3. The van der Waals surface area contributed by atoms with E-state index in [1.807, 2.05) is 18.2 Å². The summed E-state index contributed by atoms with van der Waals surface area (Å²) in [6, 6.07) is 14.0. The lowest BCUT2D eigenvalue weighted by Gasteiger charge is -2.08. The molecule has 0 fully saturated rings. The standard InChI is InChI=1S/C17H19N3O2/c1-12-5-7-13(8-6-12)11-18-9-10-22-15-4-2-3-14-16(15)20-17(21)19-14/h2-8,18H,9-11H2,1H3,(H2,19,20,21). The van der Waals surface area contributed by atoms with Gasteiger partial charge in [0.1, 0.15) is 17.9 Å². The number of benzene rings is 2. The van der Waals surface area contributed by atoms with Crippen molar-refractivity contribution in [2.24, 2.45) is 0 Å². The number of hydrogen-bond donors (Lipinski definition) is 3. The van der Waals surface area contributed by atoms with Gasteiger partial charge in [-0.2, -0.15) is 0 Å². The predicted octanol–water partition coefficient (Wildman–Crippen LogP) is 2.33. The molecule has 0 amide bonds. The molecular weight excluding hydrogens is 278 g/mol. The van der Waals surface area contributed by atoms with E-state index in [-0.39, 0.29) is 5.69 Å². The molecule has 3 rings (SSSR count). The first-order chi connectivity index (χ1) is 10.7. The monoisotopic (exact) mass is 297 g/mol. The number of ether oxygens (including phenoxy) is 1. The summed E-state index contributed by atoms with van der Waals surface area (Å²) in [6.45, 7) is 4.17. The zero-order chi connectivity index (χ0) is 15.4. The van der Waals surface area contributed by atoms with Crippen LogP contribution < -0.4 is 15.7 Å². The zero-order valence-corrected chi connectivity index (χ0v) is 12.5. The molecule has 114 valence electrons. The molecular formula is C17H19N3O2. The third kappa shape index (κ3) is 3.38. The van der Waals surface area contributed by atoms with E-state index in [2.05, 4.69) is 46.5 Å². The molecule has 0 saturated carbocycles. The van der Waals surface area contributed by atoms with Crippen molar-refractivity contribution in [2.45, 2.75) is 13.5 Å². The van der Waals surface area contributed by atoms with Crippen LogP contribution in [-0.2, 0) is 6.54 Å². The van der Waals surface area contributed by atoms with Crippen LogP contribution in [0.1, 0.15) is 11.1 Å². The first kappa shape index (κ1) is 14.4. The Bertz CT molecular complexity index is 803. The number of H-pyrrole nitrogens is 2. The lowest BCUT2D eigenvalue weighted by atomic mass is 10.1. The van der Waals surface area contributed by atoms with Gasteiger partial charge in [-0.15, -0.1) is 0 Å². The van der Waals surface area contributed by atoms with E-state index in [1.165, 1.54) is 11.1 Å². The molecule has 3 aromatic rings. The minimum atomic E-state index is -0.219. The van der Waals surface area contributed by atoms with Crippen LogP contribution in [0.4, 0.5) is 0 Å². The van der Waals surface area contributed by atoms with Crippen molar-refractivity contribution in [2.75, 3.05) is 13.2 Å². The second kappa shape index (κ2) is 6.49. The Kier molecular flexibility index (Phi) is 4.25. The van der Waals surface area contributed by atoms with Crippen LogP contribution in [0, 0.1) is 6.92 Å². The van der Waals surface area contributed by atoms with Crippen LogP contribution in [0.3, 0.4) is 0 Å². The molecule has 0 unspecified atom stereocenters. The Balaban J connectivity index is 1.50.